The smallest absolute Gasteiger partial charge is 0.306 e. The van der Waals surface area contributed by atoms with E-state index in [0.29, 0.717) is 19.3 Å². The van der Waals surface area contributed by atoms with E-state index in [1.807, 2.05) is 0 Å². The summed E-state index contributed by atoms with van der Waals surface area (Å²) in [6.07, 6.45) is 74.4. The summed E-state index contributed by atoms with van der Waals surface area (Å²) in [5.74, 6) is -0.857. The van der Waals surface area contributed by atoms with E-state index in [0.717, 1.165) is 83.5 Å². The molecule has 422 valence electrons. The highest BCUT2D eigenvalue weighted by Gasteiger charge is 2.19. The third-order valence-electron chi connectivity index (χ3n) is 14.4. The van der Waals surface area contributed by atoms with Crippen molar-refractivity contribution in [3.05, 3.63) is 36.5 Å². The molecular weight excluding hydrogens is 889 g/mol. The van der Waals surface area contributed by atoms with E-state index in [1.165, 1.54) is 225 Å². The molecule has 0 heterocycles. The lowest BCUT2D eigenvalue weighted by molar-refractivity contribution is -0.167. The lowest BCUT2D eigenvalue weighted by Crippen LogP contribution is -2.30. The van der Waals surface area contributed by atoms with Crippen molar-refractivity contribution in [3.8, 4) is 0 Å². The average Bonchev–Trinajstić information content (AvgIpc) is 3.38. The predicted molar refractivity (Wildman–Crippen MR) is 312 cm³/mol. The second-order valence-electron chi connectivity index (χ2n) is 21.7. The molecule has 1 atom stereocenters. The number of esters is 3. The maximum absolute atomic E-state index is 12.9. The monoisotopic (exact) mass is 1010 g/mol. The molecule has 0 aliphatic carbocycles. The third-order valence-corrected chi connectivity index (χ3v) is 14.4. The van der Waals surface area contributed by atoms with Gasteiger partial charge in [0.1, 0.15) is 13.2 Å². The summed E-state index contributed by atoms with van der Waals surface area (Å²) in [6.45, 7) is 6.58. The fourth-order valence-corrected chi connectivity index (χ4v) is 9.64. The summed E-state index contributed by atoms with van der Waals surface area (Å²) >= 11 is 0. The third kappa shape index (κ3) is 58.5. The molecular formula is C66H122O6. The van der Waals surface area contributed by atoms with Crippen molar-refractivity contribution in [2.75, 3.05) is 13.2 Å². The summed E-state index contributed by atoms with van der Waals surface area (Å²) in [7, 11) is 0. The minimum Gasteiger partial charge on any atom is -0.462 e. The molecule has 0 saturated carbocycles. The fourth-order valence-electron chi connectivity index (χ4n) is 9.64. The molecule has 0 aromatic rings. The molecule has 0 fully saturated rings. The molecule has 0 aromatic heterocycles. The number of hydrogen-bond donors (Lipinski definition) is 0. The molecule has 6 nitrogen and oxygen atoms in total. The average molecular weight is 1010 g/mol. The number of hydrogen-bond acceptors (Lipinski definition) is 6. The van der Waals surface area contributed by atoms with Crippen LogP contribution in [0.2, 0.25) is 0 Å². The molecule has 0 aromatic carbocycles. The van der Waals surface area contributed by atoms with Crippen molar-refractivity contribution in [1.82, 2.24) is 0 Å². The van der Waals surface area contributed by atoms with E-state index >= 15 is 0 Å². The number of unbranched alkanes of at least 4 members (excludes halogenated alkanes) is 42. The molecule has 0 aliphatic rings. The maximum Gasteiger partial charge on any atom is 0.306 e. The van der Waals surface area contributed by atoms with E-state index in [1.54, 1.807) is 0 Å². The van der Waals surface area contributed by atoms with Crippen molar-refractivity contribution >= 4 is 17.9 Å². The van der Waals surface area contributed by atoms with Gasteiger partial charge in [0.2, 0.25) is 0 Å². The van der Waals surface area contributed by atoms with E-state index in [9.17, 15) is 14.4 Å². The van der Waals surface area contributed by atoms with E-state index in [-0.39, 0.29) is 31.1 Å². The zero-order valence-electron chi connectivity index (χ0n) is 48.5. The SMILES string of the molecule is CC/C=C\C/C=C\C/C=C\CCCCCCCCCC(=O)OC(COC(=O)CCCCCCCCCCCCCCC)COC(=O)CCCCCCCCCCCCCCCCCCCCCCCCCC. The molecule has 6 heteroatoms. The minimum atomic E-state index is -0.774. The van der Waals surface area contributed by atoms with Gasteiger partial charge in [-0.05, 0) is 51.4 Å². The standard InChI is InChI=1S/C66H122O6/c1-4-7-10-13-16-19-22-25-27-29-30-31-32-33-34-35-37-38-41-44-47-50-53-56-59-65(68)71-62-63(61-70-64(67)58-55-52-49-46-43-40-24-21-18-15-12-9-6-3)72-66(69)60-57-54-51-48-45-42-39-36-28-26-23-20-17-14-11-8-5-2/h8,11,17,20,26,28,63H,4-7,9-10,12-16,18-19,21-25,27,29-62H2,1-3H3/b11-8-,20-17-,28-26-. The van der Waals surface area contributed by atoms with Gasteiger partial charge in [0, 0.05) is 19.3 Å². The van der Waals surface area contributed by atoms with Crippen LogP contribution < -0.4 is 0 Å². The van der Waals surface area contributed by atoms with Gasteiger partial charge in [0.25, 0.3) is 0 Å². The van der Waals surface area contributed by atoms with Gasteiger partial charge in [-0.1, -0.05) is 314 Å². The van der Waals surface area contributed by atoms with E-state index in [2.05, 4.69) is 57.2 Å². The van der Waals surface area contributed by atoms with Gasteiger partial charge >= 0.3 is 17.9 Å². The molecule has 0 radical (unpaired) electrons. The lowest BCUT2D eigenvalue weighted by atomic mass is 10.0. The van der Waals surface area contributed by atoms with Crippen molar-refractivity contribution in [1.29, 1.82) is 0 Å². The number of rotatable bonds is 59. The number of allylic oxidation sites excluding steroid dienone is 6. The molecule has 0 aliphatic heterocycles. The Morgan fingerprint density at radius 2 is 0.542 bits per heavy atom. The molecule has 1 unspecified atom stereocenters. The zero-order valence-corrected chi connectivity index (χ0v) is 48.5. The van der Waals surface area contributed by atoms with Crippen LogP contribution in [-0.4, -0.2) is 37.2 Å². The first-order chi connectivity index (χ1) is 35.5. The van der Waals surface area contributed by atoms with Gasteiger partial charge in [0.05, 0.1) is 0 Å². The van der Waals surface area contributed by atoms with Crippen LogP contribution in [-0.2, 0) is 28.6 Å². The Hall–Kier alpha value is -2.37. The molecule has 0 spiro atoms. The summed E-state index contributed by atoms with van der Waals surface area (Å²) in [5, 5.41) is 0. The van der Waals surface area contributed by atoms with Crippen molar-refractivity contribution in [2.24, 2.45) is 0 Å². The molecule has 0 saturated heterocycles. The molecule has 72 heavy (non-hydrogen) atoms. The first kappa shape index (κ1) is 69.6. The zero-order chi connectivity index (χ0) is 52.2. The number of ether oxygens (including phenoxy) is 3. The van der Waals surface area contributed by atoms with Gasteiger partial charge in [-0.25, -0.2) is 0 Å². The molecule has 0 bridgehead atoms. The Balaban J connectivity index is 4.24. The minimum absolute atomic E-state index is 0.0709. The summed E-state index contributed by atoms with van der Waals surface area (Å²) in [4.78, 5) is 38.3. The molecule has 0 amide bonds. The topological polar surface area (TPSA) is 78.9 Å². The predicted octanol–water partition coefficient (Wildman–Crippen LogP) is 21.6. The largest absolute Gasteiger partial charge is 0.462 e. The Morgan fingerprint density at radius 3 is 0.847 bits per heavy atom. The van der Waals surface area contributed by atoms with Gasteiger partial charge in [-0.2, -0.15) is 0 Å². The highest BCUT2D eigenvalue weighted by Crippen LogP contribution is 2.18. The van der Waals surface area contributed by atoms with Crippen LogP contribution in [0.5, 0.6) is 0 Å². The first-order valence-corrected chi connectivity index (χ1v) is 32.0. The quantitative estimate of drug-likeness (QED) is 0.0261. The Bertz CT molecular complexity index is 1210. The molecule has 0 rings (SSSR count). The summed E-state index contributed by atoms with van der Waals surface area (Å²) in [6, 6.07) is 0. The first-order valence-electron chi connectivity index (χ1n) is 32.0. The van der Waals surface area contributed by atoms with Crippen molar-refractivity contribution < 1.29 is 28.6 Å². The van der Waals surface area contributed by atoms with E-state index < -0.39 is 6.10 Å². The second-order valence-corrected chi connectivity index (χ2v) is 21.7. The number of carbonyl (C=O) groups excluding carboxylic acids is 3. The Labute approximate surface area is 448 Å². The summed E-state index contributed by atoms with van der Waals surface area (Å²) < 4.78 is 16.9. The van der Waals surface area contributed by atoms with Gasteiger partial charge < -0.3 is 14.2 Å². The second kappa shape index (κ2) is 61.2. The molecule has 0 N–H and O–H groups in total. The van der Waals surface area contributed by atoms with Crippen LogP contribution in [0.4, 0.5) is 0 Å². The normalized spacial score (nSPS) is 12.2. The highest BCUT2D eigenvalue weighted by atomic mass is 16.6. The van der Waals surface area contributed by atoms with Crippen LogP contribution in [0.25, 0.3) is 0 Å². The van der Waals surface area contributed by atoms with Crippen LogP contribution in [0.3, 0.4) is 0 Å². The fraction of sp³-hybridized carbons (Fsp3) is 0.864. The number of carbonyl (C=O) groups is 3. The lowest BCUT2D eigenvalue weighted by Gasteiger charge is -2.18. The van der Waals surface area contributed by atoms with Crippen LogP contribution >= 0.6 is 0 Å². The summed E-state index contributed by atoms with van der Waals surface area (Å²) in [5.41, 5.74) is 0. The van der Waals surface area contributed by atoms with Crippen LogP contribution in [0.15, 0.2) is 36.5 Å². The van der Waals surface area contributed by atoms with Gasteiger partial charge in [0.15, 0.2) is 6.10 Å². The van der Waals surface area contributed by atoms with Gasteiger partial charge in [-0.15, -0.1) is 0 Å². The maximum atomic E-state index is 12.9. The van der Waals surface area contributed by atoms with Crippen LogP contribution in [0.1, 0.15) is 348 Å². The van der Waals surface area contributed by atoms with Crippen molar-refractivity contribution in [2.45, 2.75) is 354 Å². The van der Waals surface area contributed by atoms with Gasteiger partial charge in [-0.3, -0.25) is 14.4 Å². The highest BCUT2D eigenvalue weighted by molar-refractivity contribution is 5.71. The van der Waals surface area contributed by atoms with Crippen molar-refractivity contribution in [3.63, 3.8) is 0 Å². The van der Waals surface area contributed by atoms with Crippen LogP contribution in [0, 0.1) is 0 Å². The van der Waals surface area contributed by atoms with E-state index in [4.69, 9.17) is 14.2 Å². The Kier molecular flexibility index (Phi) is 59.2. The Morgan fingerprint density at radius 1 is 0.292 bits per heavy atom.